The van der Waals surface area contributed by atoms with Crippen LogP contribution in [-0.4, -0.2) is 44.6 Å². The van der Waals surface area contributed by atoms with E-state index in [4.69, 9.17) is 18.9 Å². The Balaban J connectivity index is 1.71. The predicted molar refractivity (Wildman–Crippen MR) is 126 cm³/mol. The molecule has 5 nitrogen and oxygen atoms in total. The maximum Gasteiger partial charge on any atom is 0.331 e. The van der Waals surface area contributed by atoms with Crippen LogP contribution >= 0.6 is 0 Å². The molecule has 5 heteroatoms. The van der Waals surface area contributed by atoms with E-state index in [9.17, 15) is 4.79 Å². The van der Waals surface area contributed by atoms with Crippen molar-refractivity contribution in [2.24, 2.45) is 17.8 Å². The highest BCUT2D eigenvalue weighted by molar-refractivity contribution is 5.87. The Labute approximate surface area is 192 Å². The molecule has 0 amide bonds. The van der Waals surface area contributed by atoms with Crippen LogP contribution in [0.5, 0.6) is 5.75 Å². The van der Waals surface area contributed by atoms with Crippen molar-refractivity contribution >= 4 is 12.0 Å². The van der Waals surface area contributed by atoms with Gasteiger partial charge < -0.3 is 18.9 Å². The fourth-order valence-corrected chi connectivity index (χ4v) is 4.94. The first-order valence-electron chi connectivity index (χ1n) is 11.7. The van der Waals surface area contributed by atoms with E-state index in [0.29, 0.717) is 5.92 Å². The summed E-state index contributed by atoms with van der Waals surface area (Å²) < 4.78 is 23.1. The van der Waals surface area contributed by atoms with Gasteiger partial charge in [-0.2, -0.15) is 0 Å². The fraction of sp³-hybridized carbons (Fsp3) is 0.593. The second-order valence-corrected chi connectivity index (χ2v) is 9.64. The van der Waals surface area contributed by atoms with Crippen molar-refractivity contribution in [2.75, 3.05) is 20.8 Å². The average Bonchev–Trinajstić information content (AvgIpc) is 3.53. The first-order chi connectivity index (χ1) is 15.3. The molecule has 176 valence electrons. The van der Waals surface area contributed by atoms with Gasteiger partial charge >= 0.3 is 5.97 Å². The number of ether oxygens (including phenoxy) is 4. The minimum atomic E-state index is -0.354. The summed E-state index contributed by atoms with van der Waals surface area (Å²) in [4.78, 5) is 12.7. The molecule has 1 heterocycles. The van der Waals surface area contributed by atoms with Crippen LogP contribution in [0, 0.1) is 17.8 Å². The summed E-state index contributed by atoms with van der Waals surface area (Å²) in [5, 5.41) is 0. The molecule has 1 saturated carbocycles. The highest BCUT2D eigenvalue weighted by Gasteiger charge is 2.61. The van der Waals surface area contributed by atoms with E-state index in [1.165, 1.54) is 11.6 Å². The molecule has 1 saturated heterocycles. The molecular weight excluding hydrogens is 404 g/mol. The topological polar surface area (TPSA) is 57.3 Å². The van der Waals surface area contributed by atoms with E-state index in [0.717, 1.165) is 37.2 Å². The number of methoxy groups -OCH3 is 2. The first-order valence-corrected chi connectivity index (χ1v) is 11.7. The summed E-state index contributed by atoms with van der Waals surface area (Å²) in [6.07, 6.45) is 8.08. The molecule has 5 unspecified atom stereocenters. The maximum absolute atomic E-state index is 12.7. The van der Waals surface area contributed by atoms with Crippen molar-refractivity contribution in [1.82, 2.24) is 0 Å². The van der Waals surface area contributed by atoms with Crippen molar-refractivity contribution in [3.63, 3.8) is 0 Å². The molecule has 2 aliphatic rings. The van der Waals surface area contributed by atoms with Crippen LogP contribution in [-0.2, 0) is 19.0 Å². The molecule has 1 spiro atoms. The number of carbonyl (C=O) groups excluding carboxylic acids is 1. The van der Waals surface area contributed by atoms with Crippen molar-refractivity contribution < 1.29 is 23.7 Å². The van der Waals surface area contributed by atoms with Crippen LogP contribution in [0.1, 0.15) is 52.5 Å². The third kappa shape index (κ3) is 5.81. The Bertz CT molecular complexity index is 819. The molecule has 0 N–H and O–H groups in total. The van der Waals surface area contributed by atoms with Gasteiger partial charge in [0.05, 0.1) is 13.7 Å². The van der Waals surface area contributed by atoms with Crippen molar-refractivity contribution in [3.8, 4) is 5.75 Å². The number of benzene rings is 1. The molecular formula is C27H38O5. The second kappa shape index (κ2) is 10.7. The Morgan fingerprint density at radius 3 is 2.47 bits per heavy atom. The van der Waals surface area contributed by atoms with Gasteiger partial charge in [0.2, 0.25) is 0 Å². The predicted octanol–water partition coefficient (Wildman–Crippen LogP) is 5.44. The average molecular weight is 443 g/mol. The van der Waals surface area contributed by atoms with Gasteiger partial charge in [-0.05, 0) is 61.8 Å². The summed E-state index contributed by atoms with van der Waals surface area (Å²) in [5.41, 5.74) is 2.01. The minimum absolute atomic E-state index is 0.0965. The van der Waals surface area contributed by atoms with E-state index in [2.05, 4.69) is 33.8 Å². The lowest BCUT2D eigenvalue weighted by atomic mass is 9.68. The molecule has 2 fully saturated rings. The number of allylic oxidation sites excluding steroid dienone is 1. The largest absolute Gasteiger partial charge is 0.497 e. The summed E-state index contributed by atoms with van der Waals surface area (Å²) in [6.45, 7) is 9.51. The molecule has 1 aromatic rings. The SMILES string of the molecule is COc1ccc(C=CC(=O)OC2C(C)CC3(CO3)C(C(C)=CCCC(C)C)C2OC)cc1. The third-order valence-electron chi connectivity index (χ3n) is 6.72. The molecule has 1 aliphatic carbocycles. The van der Waals surface area contributed by atoms with Gasteiger partial charge in [-0.1, -0.05) is 44.6 Å². The van der Waals surface area contributed by atoms with Gasteiger partial charge in [-0.3, -0.25) is 0 Å². The van der Waals surface area contributed by atoms with Gasteiger partial charge in [0.15, 0.2) is 0 Å². The molecule has 0 radical (unpaired) electrons. The summed E-state index contributed by atoms with van der Waals surface area (Å²) in [6, 6.07) is 7.53. The molecule has 1 aromatic carbocycles. The first kappa shape index (κ1) is 24.5. The van der Waals surface area contributed by atoms with Gasteiger partial charge in [-0.15, -0.1) is 0 Å². The van der Waals surface area contributed by atoms with Crippen molar-refractivity contribution in [1.29, 1.82) is 0 Å². The van der Waals surface area contributed by atoms with E-state index in [1.54, 1.807) is 20.3 Å². The number of hydrogen-bond donors (Lipinski definition) is 0. The Morgan fingerprint density at radius 1 is 1.22 bits per heavy atom. The van der Waals surface area contributed by atoms with Crippen LogP contribution in [0.15, 0.2) is 42.0 Å². The van der Waals surface area contributed by atoms with Gasteiger partial charge in [0.25, 0.3) is 0 Å². The smallest absolute Gasteiger partial charge is 0.331 e. The summed E-state index contributed by atoms with van der Waals surface area (Å²) in [5.74, 6) is 1.34. The molecule has 0 bridgehead atoms. The summed E-state index contributed by atoms with van der Waals surface area (Å²) >= 11 is 0. The van der Waals surface area contributed by atoms with Crippen LogP contribution in [0.3, 0.4) is 0 Å². The molecule has 3 rings (SSSR count). The number of esters is 1. The zero-order chi connectivity index (χ0) is 23.3. The van der Waals surface area contributed by atoms with Gasteiger partial charge in [0.1, 0.15) is 23.6 Å². The number of carbonyl (C=O) groups is 1. The van der Waals surface area contributed by atoms with Crippen LogP contribution in [0.25, 0.3) is 6.08 Å². The highest BCUT2D eigenvalue weighted by Crippen LogP contribution is 2.52. The maximum atomic E-state index is 12.7. The lowest BCUT2D eigenvalue weighted by Gasteiger charge is -2.44. The van der Waals surface area contributed by atoms with Crippen molar-refractivity contribution in [3.05, 3.63) is 47.6 Å². The quantitative estimate of drug-likeness (QED) is 0.220. The zero-order valence-corrected chi connectivity index (χ0v) is 20.3. The van der Waals surface area contributed by atoms with Gasteiger partial charge in [0, 0.05) is 19.1 Å². The van der Waals surface area contributed by atoms with Crippen LogP contribution < -0.4 is 4.74 Å². The van der Waals surface area contributed by atoms with Crippen molar-refractivity contribution in [2.45, 2.75) is 64.8 Å². The monoisotopic (exact) mass is 442 g/mol. The standard InChI is InChI=1S/C27H38O5/c1-18(2)8-7-9-19(3)24-26(30-6)25(20(4)16-27(24)17-31-27)32-23(28)15-12-21-10-13-22(29-5)14-11-21/h9-15,18,20,24-26H,7-8,16-17H2,1-6H3. The van der Waals surface area contributed by atoms with E-state index >= 15 is 0 Å². The number of rotatable bonds is 9. The highest BCUT2D eigenvalue weighted by atomic mass is 16.6. The van der Waals surface area contributed by atoms with Crippen LogP contribution in [0.4, 0.5) is 0 Å². The van der Waals surface area contributed by atoms with Crippen LogP contribution in [0.2, 0.25) is 0 Å². The minimum Gasteiger partial charge on any atom is -0.497 e. The number of hydrogen-bond acceptors (Lipinski definition) is 5. The molecule has 0 aromatic heterocycles. The van der Waals surface area contributed by atoms with E-state index in [1.807, 2.05) is 24.3 Å². The lowest BCUT2D eigenvalue weighted by molar-refractivity contribution is -0.167. The molecule has 5 atom stereocenters. The van der Waals surface area contributed by atoms with Gasteiger partial charge in [-0.25, -0.2) is 4.79 Å². The Kier molecular flexibility index (Phi) is 8.18. The Hall–Kier alpha value is -2.11. The molecule has 1 aliphatic heterocycles. The third-order valence-corrected chi connectivity index (χ3v) is 6.72. The van der Waals surface area contributed by atoms with E-state index in [-0.39, 0.29) is 35.6 Å². The molecule has 32 heavy (non-hydrogen) atoms. The number of epoxide rings is 1. The zero-order valence-electron chi connectivity index (χ0n) is 20.3. The lowest BCUT2D eigenvalue weighted by Crippen LogP contribution is -2.54. The fourth-order valence-electron chi connectivity index (χ4n) is 4.94. The van der Waals surface area contributed by atoms with E-state index < -0.39 is 0 Å². The second-order valence-electron chi connectivity index (χ2n) is 9.64. The summed E-state index contributed by atoms with van der Waals surface area (Å²) in [7, 11) is 3.34. The normalized spacial score (nSPS) is 30.2. The Morgan fingerprint density at radius 2 is 1.91 bits per heavy atom.